The average molecular weight is 297 g/mol. The predicted octanol–water partition coefficient (Wildman–Crippen LogP) is 5.31. The Morgan fingerprint density at radius 1 is 0.955 bits per heavy atom. The summed E-state index contributed by atoms with van der Waals surface area (Å²) >= 11 is 0. The summed E-state index contributed by atoms with van der Waals surface area (Å²) in [6.45, 7) is 11.5. The van der Waals surface area contributed by atoms with Gasteiger partial charge in [0.05, 0.1) is 6.54 Å². The van der Waals surface area contributed by atoms with Gasteiger partial charge >= 0.3 is 0 Å². The monoisotopic (exact) mass is 297 g/mol. The van der Waals surface area contributed by atoms with E-state index >= 15 is 0 Å². The van der Waals surface area contributed by atoms with E-state index in [1.165, 1.54) is 22.4 Å². The second kappa shape index (κ2) is 7.35. The van der Waals surface area contributed by atoms with Crippen LogP contribution < -0.4 is 10.1 Å². The molecule has 0 aromatic heterocycles. The summed E-state index contributed by atoms with van der Waals surface area (Å²) in [7, 11) is 0. The summed E-state index contributed by atoms with van der Waals surface area (Å²) in [6, 6.07) is 14.9. The van der Waals surface area contributed by atoms with E-state index in [0.717, 1.165) is 12.3 Å². The Morgan fingerprint density at radius 3 is 2.23 bits per heavy atom. The van der Waals surface area contributed by atoms with Crippen molar-refractivity contribution in [2.45, 2.75) is 46.6 Å². The third-order valence-corrected chi connectivity index (χ3v) is 3.85. The van der Waals surface area contributed by atoms with Gasteiger partial charge in [-0.25, -0.2) is 0 Å². The largest absolute Gasteiger partial charge is 0.489 e. The van der Waals surface area contributed by atoms with Gasteiger partial charge in [-0.2, -0.15) is 0 Å². The van der Waals surface area contributed by atoms with Crippen LogP contribution in [0.1, 0.15) is 43.4 Å². The molecule has 0 fully saturated rings. The lowest BCUT2D eigenvalue weighted by atomic mass is 10.0. The molecule has 0 aliphatic carbocycles. The highest BCUT2D eigenvalue weighted by molar-refractivity contribution is 5.51. The third-order valence-electron chi connectivity index (χ3n) is 3.85. The number of hydrogen-bond acceptors (Lipinski definition) is 2. The Morgan fingerprint density at radius 2 is 1.64 bits per heavy atom. The molecular weight excluding hydrogens is 270 g/mol. The summed E-state index contributed by atoms with van der Waals surface area (Å²) in [5.74, 6) is 1.48. The minimum Gasteiger partial charge on any atom is -0.489 e. The first-order valence-corrected chi connectivity index (χ1v) is 8.03. The first-order valence-electron chi connectivity index (χ1n) is 8.03. The van der Waals surface area contributed by atoms with E-state index in [9.17, 15) is 0 Å². The Balaban J connectivity index is 1.88. The van der Waals surface area contributed by atoms with E-state index in [4.69, 9.17) is 4.74 Å². The molecule has 0 aliphatic heterocycles. The van der Waals surface area contributed by atoms with Crippen molar-refractivity contribution in [3.8, 4) is 5.75 Å². The summed E-state index contributed by atoms with van der Waals surface area (Å²) in [4.78, 5) is 0. The molecule has 0 saturated carbocycles. The Hall–Kier alpha value is -1.96. The number of anilines is 1. The number of aryl methyl sites for hydroxylation is 2. The zero-order valence-corrected chi connectivity index (χ0v) is 14.3. The predicted molar refractivity (Wildman–Crippen MR) is 95.0 cm³/mol. The molecule has 2 aromatic rings. The van der Waals surface area contributed by atoms with Crippen molar-refractivity contribution in [2.75, 3.05) is 11.9 Å². The van der Waals surface area contributed by atoms with Crippen LogP contribution in [0.2, 0.25) is 0 Å². The van der Waals surface area contributed by atoms with Crippen LogP contribution in [0.3, 0.4) is 0 Å². The van der Waals surface area contributed by atoms with Gasteiger partial charge < -0.3 is 10.1 Å². The van der Waals surface area contributed by atoms with Crippen molar-refractivity contribution < 1.29 is 4.74 Å². The smallest absolute Gasteiger partial charge is 0.119 e. The molecule has 0 saturated heterocycles. The summed E-state index contributed by atoms with van der Waals surface area (Å²) in [6.07, 6.45) is 0.116. The molecule has 2 heteroatoms. The average Bonchev–Trinajstić information content (AvgIpc) is 2.47. The lowest BCUT2D eigenvalue weighted by Crippen LogP contribution is -2.23. The van der Waals surface area contributed by atoms with Crippen LogP contribution in [0, 0.1) is 13.8 Å². The topological polar surface area (TPSA) is 21.3 Å². The normalized spacial score (nSPS) is 12.3. The van der Waals surface area contributed by atoms with Gasteiger partial charge in [0.25, 0.3) is 0 Å². The van der Waals surface area contributed by atoms with Gasteiger partial charge in [-0.1, -0.05) is 43.7 Å². The van der Waals surface area contributed by atoms with Crippen LogP contribution in [-0.2, 0) is 0 Å². The fourth-order valence-corrected chi connectivity index (χ4v) is 2.47. The van der Waals surface area contributed by atoms with Crippen LogP contribution in [0.15, 0.2) is 42.5 Å². The Labute approximate surface area is 134 Å². The van der Waals surface area contributed by atoms with E-state index in [-0.39, 0.29) is 6.10 Å². The van der Waals surface area contributed by atoms with Crippen LogP contribution in [-0.4, -0.2) is 12.6 Å². The maximum Gasteiger partial charge on any atom is 0.119 e. The fourth-order valence-electron chi connectivity index (χ4n) is 2.47. The number of benzene rings is 2. The quantitative estimate of drug-likeness (QED) is 0.780. The van der Waals surface area contributed by atoms with Crippen LogP contribution in [0.25, 0.3) is 0 Å². The van der Waals surface area contributed by atoms with Crippen LogP contribution >= 0.6 is 0 Å². The minimum atomic E-state index is 0.116. The molecular formula is C20H27NO. The molecule has 22 heavy (non-hydrogen) atoms. The highest BCUT2D eigenvalue weighted by Crippen LogP contribution is 2.20. The Bertz CT molecular complexity index is 602. The molecule has 0 heterocycles. The van der Waals surface area contributed by atoms with Gasteiger partial charge in [-0.15, -0.1) is 0 Å². The maximum atomic E-state index is 5.97. The second-order valence-electron chi connectivity index (χ2n) is 6.35. The fraction of sp³-hybridized carbons (Fsp3) is 0.400. The van der Waals surface area contributed by atoms with Gasteiger partial charge in [0.2, 0.25) is 0 Å². The van der Waals surface area contributed by atoms with Gasteiger partial charge in [0.15, 0.2) is 0 Å². The molecule has 0 amide bonds. The highest BCUT2D eigenvalue weighted by atomic mass is 16.5. The van der Waals surface area contributed by atoms with Crippen molar-refractivity contribution in [2.24, 2.45) is 0 Å². The summed E-state index contributed by atoms with van der Waals surface area (Å²) in [5, 5.41) is 3.46. The van der Waals surface area contributed by atoms with Gasteiger partial charge in [0.1, 0.15) is 11.9 Å². The molecule has 1 atom stereocenters. The molecule has 0 aliphatic rings. The zero-order chi connectivity index (χ0) is 16.1. The maximum absolute atomic E-state index is 5.97. The zero-order valence-electron chi connectivity index (χ0n) is 14.3. The lowest BCUT2D eigenvalue weighted by Gasteiger charge is -2.18. The van der Waals surface area contributed by atoms with Crippen molar-refractivity contribution in [3.63, 3.8) is 0 Å². The van der Waals surface area contributed by atoms with E-state index in [1.54, 1.807) is 0 Å². The molecule has 2 nitrogen and oxygen atoms in total. The lowest BCUT2D eigenvalue weighted by molar-refractivity contribution is 0.234. The molecule has 0 radical (unpaired) electrons. The molecule has 2 aromatic carbocycles. The van der Waals surface area contributed by atoms with Gasteiger partial charge in [-0.05, 0) is 56.0 Å². The van der Waals surface area contributed by atoms with E-state index in [2.05, 4.69) is 82.4 Å². The third kappa shape index (κ3) is 4.52. The first-order chi connectivity index (χ1) is 10.5. The van der Waals surface area contributed by atoms with E-state index < -0.39 is 0 Å². The summed E-state index contributed by atoms with van der Waals surface area (Å²) in [5.41, 5.74) is 5.08. The highest BCUT2D eigenvalue weighted by Gasteiger charge is 2.06. The number of nitrogens with one attached hydrogen (secondary N) is 1. The van der Waals surface area contributed by atoms with E-state index in [0.29, 0.717) is 5.92 Å². The first kappa shape index (κ1) is 16.4. The molecule has 0 spiro atoms. The van der Waals surface area contributed by atoms with Crippen molar-refractivity contribution in [1.82, 2.24) is 0 Å². The van der Waals surface area contributed by atoms with Crippen molar-refractivity contribution in [3.05, 3.63) is 59.2 Å². The molecule has 118 valence electrons. The molecule has 1 N–H and O–H groups in total. The van der Waals surface area contributed by atoms with Gasteiger partial charge in [0, 0.05) is 5.69 Å². The standard InChI is InChI=1S/C20H27NO/c1-14(2)18-7-9-19(10-8-18)22-17(5)13-21-20-11-6-15(3)12-16(20)4/h6-12,14,17,21H,13H2,1-5H3. The van der Waals surface area contributed by atoms with E-state index in [1.807, 2.05) is 0 Å². The number of ether oxygens (including phenoxy) is 1. The van der Waals surface area contributed by atoms with Crippen molar-refractivity contribution >= 4 is 5.69 Å². The molecule has 0 bridgehead atoms. The second-order valence-corrected chi connectivity index (χ2v) is 6.35. The van der Waals surface area contributed by atoms with Crippen molar-refractivity contribution in [1.29, 1.82) is 0 Å². The van der Waals surface area contributed by atoms with Crippen LogP contribution in [0.4, 0.5) is 5.69 Å². The summed E-state index contributed by atoms with van der Waals surface area (Å²) < 4.78 is 5.97. The van der Waals surface area contributed by atoms with Gasteiger partial charge in [-0.3, -0.25) is 0 Å². The molecule has 2 rings (SSSR count). The van der Waals surface area contributed by atoms with Crippen LogP contribution in [0.5, 0.6) is 5.75 Å². The number of hydrogen-bond donors (Lipinski definition) is 1. The SMILES string of the molecule is Cc1ccc(NCC(C)Oc2ccc(C(C)C)cc2)c(C)c1. The molecule has 1 unspecified atom stereocenters. The minimum absolute atomic E-state index is 0.116. The number of rotatable bonds is 6. The Kier molecular flexibility index (Phi) is 5.48.